The molecule has 4 nitrogen and oxygen atoms in total. The number of alkyl halides is 1. The molecule has 0 aliphatic heterocycles. The van der Waals surface area contributed by atoms with Gasteiger partial charge in [0.15, 0.2) is 0 Å². The van der Waals surface area contributed by atoms with Crippen molar-refractivity contribution >= 4 is 11.6 Å². The minimum Gasteiger partial charge on any atom is -0.356 e. The lowest BCUT2D eigenvalue weighted by Crippen LogP contribution is -2.28. The molecule has 1 amide bonds. The second-order valence-corrected chi connectivity index (χ2v) is 4.58. The number of nitrogens with zero attached hydrogens (tertiary/aromatic N) is 1. The van der Waals surface area contributed by atoms with E-state index in [1.54, 1.807) is 6.92 Å². The van der Waals surface area contributed by atoms with Gasteiger partial charge in [-0.25, -0.2) is 8.78 Å². The molecule has 0 bridgehead atoms. The third-order valence-electron chi connectivity index (χ3n) is 2.57. The van der Waals surface area contributed by atoms with Gasteiger partial charge in [0.25, 0.3) is 0 Å². The molecule has 0 aromatic heterocycles. The zero-order chi connectivity index (χ0) is 15.2. The van der Waals surface area contributed by atoms with Gasteiger partial charge in [-0.15, -0.1) is 0 Å². The number of hydrogen-bond acceptors (Lipinski definition) is 3. The summed E-state index contributed by atoms with van der Waals surface area (Å²) >= 11 is 0. The van der Waals surface area contributed by atoms with E-state index in [2.05, 4.69) is 22.5 Å². The van der Waals surface area contributed by atoms with Crippen LogP contribution in [-0.2, 0) is 4.79 Å². The van der Waals surface area contributed by atoms with E-state index in [1.165, 1.54) is 0 Å². The first-order valence-electron chi connectivity index (χ1n) is 6.95. The number of carbonyl (C=O) groups is 1. The van der Waals surface area contributed by atoms with Crippen LogP contribution in [0.4, 0.5) is 8.78 Å². The normalized spacial score (nSPS) is 12.6. The van der Waals surface area contributed by atoms with Crippen molar-refractivity contribution in [1.29, 1.82) is 0 Å². The summed E-state index contributed by atoms with van der Waals surface area (Å²) in [4.78, 5) is 15.5. The van der Waals surface area contributed by atoms with Crippen LogP contribution in [0, 0.1) is 0 Å². The summed E-state index contributed by atoms with van der Waals surface area (Å²) in [6, 6.07) is 0. The molecule has 0 heterocycles. The first kappa shape index (κ1) is 18.7. The molecule has 0 atom stereocenters. The zero-order valence-electron chi connectivity index (χ0n) is 12.3. The van der Waals surface area contributed by atoms with E-state index < -0.39 is 6.67 Å². The highest BCUT2D eigenvalue weighted by molar-refractivity contribution is 5.99. The van der Waals surface area contributed by atoms with E-state index >= 15 is 0 Å². The second kappa shape index (κ2) is 12.7. The van der Waals surface area contributed by atoms with Crippen LogP contribution >= 0.6 is 0 Å². The molecule has 6 heteroatoms. The number of nitrogens with one attached hydrogen (secondary N) is 2. The molecule has 0 spiro atoms. The largest absolute Gasteiger partial charge is 0.356 e. The first-order chi connectivity index (χ1) is 9.63. The van der Waals surface area contributed by atoms with E-state index in [0.29, 0.717) is 12.3 Å². The predicted octanol–water partition coefficient (Wildman–Crippen LogP) is 2.17. The number of amides is 1. The minimum absolute atomic E-state index is 0.0215. The maximum absolute atomic E-state index is 12.2. The standard InChI is InChI=1S/C14H25F2N3O/c1-3-5-17-6-4-7-18-14(20)8-12(2)19-11-13(9-15)10-16/h9,17H,3-8,10-11H2,1-2H3,(H,18,20). The minimum atomic E-state index is -0.857. The highest BCUT2D eigenvalue weighted by atomic mass is 19.1. The average molecular weight is 289 g/mol. The lowest BCUT2D eigenvalue weighted by atomic mass is 10.2. The lowest BCUT2D eigenvalue weighted by Gasteiger charge is -2.06. The Labute approximate surface area is 119 Å². The van der Waals surface area contributed by atoms with Gasteiger partial charge in [0.1, 0.15) is 6.67 Å². The summed E-state index contributed by atoms with van der Waals surface area (Å²) < 4.78 is 24.3. The van der Waals surface area contributed by atoms with Crippen molar-refractivity contribution < 1.29 is 13.6 Å². The van der Waals surface area contributed by atoms with Gasteiger partial charge in [-0.05, 0) is 32.9 Å². The van der Waals surface area contributed by atoms with Crippen LogP contribution in [0.5, 0.6) is 0 Å². The Balaban J connectivity index is 3.76. The first-order valence-corrected chi connectivity index (χ1v) is 6.95. The van der Waals surface area contributed by atoms with Crippen molar-refractivity contribution in [2.75, 3.05) is 32.9 Å². The average Bonchev–Trinajstić information content (AvgIpc) is 2.43. The summed E-state index contributed by atoms with van der Waals surface area (Å²) in [5, 5.41) is 6.03. The Bertz CT molecular complexity index is 330. The van der Waals surface area contributed by atoms with Crippen molar-refractivity contribution in [3.63, 3.8) is 0 Å². The fourth-order valence-electron chi connectivity index (χ4n) is 1.44. The van der Waals surface area contributed by atoms with E-state index in [9.17, 15) is 13.6 Å². The molecular weight excluding hydrogens is 264 g/mol. The summed E-state index contributed by atoms with van der Waals surface area (Å²) in [5.41, 5.74) is 0.547. The van der Waals surface area contributed by atoms with Crippen LogP contribution in [0.2, 0.25) is 0 Å². The smallest absolute Gasteiger partial charge is 0.225 e. The summed E-state index contributed by atoms with van der Waals surface area (Å²) in [5.74, 6) is -0.118. The number of rotatable bonds is 11. The van der Waals surface area contributed by atoms with Gasteiger partial charge in [0, 0.05) is 17.8 Å². The maximum Gasteiger partial charge on any atom is 0.225 e. The molecule has 0 aliphatic carbocycles. The van der Waals surface area contributed by atoms with Crippen LogP contribution in [0.3, 0.4) is 0 Å². The highest BCUT2D eigenvalue weighted by Crippen LogP contribution is 1.98. The zero-order valence-corrected chi connectivity index (χ0v) is 12.3. The van der Waals surface area contributed by atoms with E-state index in [-0.39, 0.29) is 30.8 Å². The lowest BCUT2D eigenvalue weighted by molar-refractivity contribution is -0.119. The summed E-state index contributed by atoms with van der Waals surface area (Å²) in [6.45, 7) is 5.36. The van der Waals surface area contributed by atoms with Crippen molar-refractivity contribution in [3.8, 4) is 0 Å². The van der Waals surface area contributed by atoms with Gasteiger partial charge >= 0.3 is 0 Å². The van der Waals surface area contributed by atoms with Crippen LogP contribution in [0.25, 0.3) is 0 Å². The summed E-state index contributed by atoms with van der Waals surface area (Å²) in [6.07, 6.45) is 2.35. The molecule has 0 rings (SSSR count). The van der Waals surface area contributed by atoms with Crippen molar-refractivity contribution in [2.45, 2.75) is 33.1 Å². The molecule has 0 saturated carbocycles. The number of hydrogen-bond donors (Lipinski definition) is 2. The molecule has 0 radical (unpaired) electrons. The predicted molar refractivity (Wildman–Crippen MR) is 78.5 cm³/mol. The third kappa shape index (κ3) is 10.6. The maximum atomic E-state index is 12.2. The molecule has 116 valence electrons. The quantitative estimate of drug-likeness (QED) is 0.452. The van der Waals surface area contributed by atoms with Crippen molar-refractivity contribution in [1.82, 2.24) is 10.6 Å². The topological polar surface area (TPSA) is 53.5 Å². The number of halogens is 2. The molecular formula is C14H25F2N3O. The Kier molecular flexibility index (Phi) is 11.9. The number of aliphatic imine (C=N–C) groups is 1. The van der Waals surface area contributed by atoms with Crippen LogP contribution in [0.1, 0.15) is 33.1 Å². The van der Waals surface area contributed by atoms with Crippen molar-refractivity contribution in [2.24, 2.45) is 4.99 Å². The third-order valence-corrected chi connectivity index (χ3v) is 2.57. The van der Waals surface area contributed by atoms with Crippen LogP contribution in [0.15, 0.2) is 16.9 Å². The van der Waals surface area contributed by atoms with Gasteiger partial charge in [-0.3, -0.25) is 9.79 Å². The molecule has 0 aliphatic rings. The van der Waals surface area contributed by atoms with Crippen LogP contribution < -0.4 is 10.6 Å². The molecule has 0 saturated heterocycles. The van der Waals surface area contributed by atoms with E-state index in [0.717, 1.165) is 25.9 Å². The molecule has 0 aromatic carbocycles. The van der Waals surface area contributed by atoms with Crippen molar-refractivity contribution in [3.05, 3.63) is 11.9 Å². The molecule has 0 aromatic rings. The fourth-order valence-corrected chi connectivity index (χ4v) is 1.44. The van der Waals surface area contributed by atoms with Gasteiger partial charge in [-0.2, -0.15) is 0 Å². The Morgan fingerprint density at radius 3 is 2.65 bits per heavy atom. The fraction of sp³-hybridized carbons (Fsp3) is 0.714. The number of carbonyl (C=O) groups excluding carboxylic acids is 1. The van der Waals surface area contributed by atoms with E-state index in [1.807, 2.05) is 0 Å². The van der Waals surface area contributed by atoms with Crippen LogP contribution in [-0.4, -0.2) is 44.5 Å². The highest BCUT2D eigenvalue weighted by Gasteiger charge is 2.03. The molecule has 2 N–H and O–H groups in total. The van der Waals surface area contributed by atoms with E-state index in [4.69, 9.17) is 0 Å². The van der Waals surface area contributed by atoms with Gasteiger partial charge < -0.3 is 10.6 Å². The molecule has 20 heavy (non-hydrogen) atoms. The van der Waals surface area contributed by atoms with Gasteiger partial charge in [-0.1, -0.05) is 6.92 Å². The Morgan fingerprint density at radius 2 is 2.05 bits per heavy atom. The van der Waals surface area contributed by atoms with Gasteiger partial charge in [0.05, 0.1) is 19.3 Å². The Morgan fingerprint density at radius 1 is 1.30 bits per heavy atom. The molecule has 0 unspecified atom stereocenters. The second-order valence-electron chi connectivity index (χ2n) is 4.58. The summed E-state index contributed by atoms with van der Waals surface area (Å²) in [7, 11) is 0. The van der Waals surface area contributed by atoms with Gasteiger partial charge in [0.2, 0.25) is 5.91 Å². The monoisotopic (exact) mass is 289 g/mol. The Hall–Kier alpha value is -1.30. The SMILES string of the molecule is CCCNCCCNC(=O)CC(C)=NCC(=CF)CF. The molecule has 0 fully saturated rings.